The van der Waals surface area contributed by atoms with Gasteiger partial charge in [-0.05, 0) is 30.2 Å². The molecule has 0 atom stereocenters. The highest BCUT2D eigenvalue weighted by Crippen LogP contribution is 2.15. The van der Waals surface area contributed by atoms with Crippen LogP contribution >= 0.6 is 0 Å². The van der Waals surface area contributed by atoms with Crippen LogP contribution < -0.4 is 4.72 Å². The number of nitrogens with one attached hydrogen (secondary N) is 1. The molecule has 1 rings (SSSR count). The summed E-state index contributed by atoms with van der Waals surface area (Å²) in [5, 5.41) is 9.09. The van der Waals surface area contributed by atoms with Crippen LogP contribution in [-0.4, -0.2) is 33.8 Å². The fourth-order valence-electron chi connectivity index (χ4n) is 1.35. The van der Waals surface area contributed by atoms with E-state index < -0.39 is 10.0 Å². The molecule has 17 heavy (non-hydrogen) atoms. The minimum atomic E-state index is -3.52. The molecule has 0 heterocycles. The molecule has 0 aliphatic rings. The van der Waals surface area contributed by atoms with E-state index in [1.54, 1.807) is 6.07 Å². The molecule has 0 aliphatic heterocycles. The second kappa shape index (κ2) is 6.11. The van der Waals surface area contributed by atoms with Gasteiger partial charge < -0.3 is 9.84 Å². The summed E-state index contributed by atoms with van der Waals surface area (Å²) in [5.41, 5.74) is 1.47. The number of aliphatic hydroxyl groups excluding tert-OH is 1. The van der Waals surface area contributed by atoms with E-state index in [2.05, 4.69) is 4.72 Å². The van der Waals surface area contributed by atoms with Crippen molar-refractivity contribution in [1.82, 2.24) is 4.72 Å². The molecule has 0 aromatic heterocycles. The number of methoxy groups -OCH3 is 1. The second-order valence-corrected chi connectivity index (χ2v) is 5.40. The first-order valence-electron chi connectivity index (χ1n) is 5.20. The zero-order chi connectivity index (χ0) is 12.9. The van der Waals surface area contributed by atoms with Crippen molar-refractivity contribution in [2.24, 2.45) is 0 Å². The Bertz CT molecular complexity index is 470. The highest BCUT2D eigenvalue weighted by molar-refractivity contribution is 7.89. The Kier molecular flexibility index (Phi) is 5.07. The molecular weight excluding hydrogens is 242 g/mol. The third-order valence-electron chi connectivity index (χ3n) is 2.40. The van der Waals surface area contributed by atoms with Gasteiger partial charge in [0.05, 0.1) is 18.1 Å². The maximum absolute atomic E-state index is 11.8. The molecule has 5 nitrogen and oxygen atoms in total. The SMILES string of the molecule is COCCNS(=O)(=O)c1ccc(C)c(CO)c1. The fourth-order valence-corrected chi connectivity index (χ4v) is 2.41. The number of benzene rings is 1. The van der Waals surface area contributed by atoms with Gasteiger partial charge in [-0.3, -0.25) is 0 Å². The number of aryl methyl sites for hydroxylation is 1. The number of aliphatic hydroxyl groups is 1. The third kappa shape index (κ3) is 3.78. The predicted molar refractivity (Wildman–Crippen MR) is 64.2 cm³/mol. The molecule has 0 radical (unpaired) electrons. The van der Waals surface area contributed by atoms with Gasteiger partial charge in [-0.2, -0.15) is 0 Å². The lowest BCUT2D eigenvalue weighted by Crippen LogP contribution is -2.27. The molecular formula is C11H17NO4S. The average Bonchev–Trinajstić information content (AvgIpc) is 2.29. The maximum atomic E-state index is 11.8. The number of hydrogen-bond donors (Lipinski definition) is 2. The van der Waals surface area contributed by atoms with Gasteiger partial charge in [0.15, 0.2) is 0 Å². The lowest BCUT2D eigenvalue weighted by atomic mass is 10.1. The van der Waals surface area contributed by atoms with Crippen LogP contribution in [-0.2, 0) is 21.4 Å². The number of rotatable bonds is 6. The van der Waals surface area contributed by atoms with Crippen molar-refractivity contribution >= 4 is 10.0 Å². The Balaban J connectivity index is 2.91. The summed E-state index contributed by atoms with van der Waals surface area (Å²) < 4.78 is 30.9. The van der Waals surface area contributed by atoms with E-state index in [0.717, 1.165) is 5.56 Å². The molecule has 1 aromatic rings. The van der Waals surface area contributed by atoms with E-state index in [1.165, 1.54) is 19.2 Å². The van der Waals surface area contributed by atoms with Crippen LogP contribution in [0.4, 0.5) is 0 Å². The lowest BCUT2D eigenvalue weighted by molar-refractivity contribution is 0.204. The Labute approximate surface area is 101 Å². The molecule has 0 bridgehead atoms. The monoisotopic (exact) mass is 259 g/mol. The minimum absolute atomic E-state index is 0.156. The molecule has 0 amide bonds. The maximum Gasteiger partial charge on any atom is 0.240 e. The second-order valence-electron chi connectivity index (χ2n) is 3.64. The molecule has 1 aromatic carbocycles. The summed E-state index contributed by atoms with van der Waals surface area (Å²) >= 11 is 0. The van der Waals surface area contributed by atoms with E-state index in [0.29, 0.717) is 12.2 Å². The Morgan fingerprint density at radius 2 is 2.12 bits per heavy atom. The highest BCUT2D eigenvalue weighted by atomic mass is 32.2. The quantitative estimate of drug-likeness (QED) is 0.726. The van der Waals surface area contributed by atoms with Crippen LogP contribution in [0.2, 0.25) is 0 Å². The van der Waals surface area contributed by atoms with Crippen LogP contribution in [0.15, 0.2) is 23.1 Å². The van der Waals surface area contributed by atoms with E-state index in [-0.39, 0.29) is 18.0 Å². The van der Waals surface area contributed by atoms with Gasteiger partial charge in [0, 0.05) is 13.7 Å². The van der Waals surface area contributed by atoms with Crippen molar-refractivity contribution in [2.75, 3.05) is 20.3 Å². The topological polar surface area (TPSA) is 75.6 Å². The predicted octanol–water partition coefficient (Wildman–Crippen LogP) is 0.412. The van der Waals surface area contributed by atoms with Crippen LogP contribution in [0.25, 0.3) is 0 Å². The number of hydrogen-bond acceptors (Lipinski definition) is 4. The standard InChI is InChI=1S/C11H17NO4S/c1-9-3-4-11(7-10(9)8-13)17(14,15)12-5-6-16-2/h3-4,7,12-13H,5-6,8H2,1-2H3. The Morgan fingerprint density at radius 1 is 1.41 bits per heavy atom. The summed E-state index contributed by atoms with van der Waals surface area (Å²) in [4.78, 5) is 0.156. The van der Waals surface area contributed by atoms with E-state index in [4.69, 9.17) is 9.84 Å². The summed E-state index contributed by atoms with van der Waals surface area (Å²) in [6.45, 7) is 2.19. The average molecular weight is 259 g/mol. The van der Waals surface area contributed by atoms with Gasteiger partial charge >= 0.3 is 0 Å². The molecule has 2 N–H and O–H groups in total. The van der Waals surface area contributed by atoms with Crippen molar-refractivity contribution in [3.8, 4) is 0 Å². The largest absolute Gasteiger partial charge is 0.392 e. The van der Waals surface area contributed by atoms with Crippen LogP contribution in [0.1, 0.15) is 11.1 Å². The smallest absolute Gasteiger partial charge is 0.240 e. The summed E-state index contributed by atoms with van der Waals surface area (Å²) in [6, 6.07) is 4.67. The molecule has 0 spiro atoms. The van der Waals surface area contributed by atoms with Crippen LogP contribution in [0, 0.1) is 6.92 Å². The van der Waals surface area contributed by atoms with Gasteiger partial charge in [-0.25, -0.2) is 13.1 Å². The first-order valence-corrected chi connectivity index (χ1v) is 6.68. The molecule has 96 valence electrons. The first kappa shape index (κ1) is 14.1. The van der Waals surface area contributed by atoms with Crippen molar-refractivity contribution in [2.45, 2.75) is 18.4 Å². The van der Waals surface area contributed by atoms with Gasteiger partial charge in [-0.15, -0.1) is 0 Å². The van der Waals surface area contributed by atoms with Gasteiger partial charge in [-0.1, -0.05) is 6.07 Å². The molecule has 0 fully saturated rings. The van der Waals surface area contributed by atoms with Crippen molar-refractivity contribution < 1.29 is 18.3 Å². The van der Waals surface area contributed by atoms with E-state index >= 15 is 0 Å². The van der Waals surface area contributed by atoms with Crippen molar-refractivity contribution in [3.63, 3.8) is 0 Å². The summed E-state index contributed by atoms with van der Waals surface area (Å²) in [6.07, 6.45) is 0. The molecule has 6 heteroatoms. The fraction of sp³-hybridized carbons (Fsp3) is 0.455. The Morgan fingerprint density at radius 3 is 2.71 bits per heavy atom. The zero-order valence-electron chi connectivity index (χ0n) is 9.93. The van der Waals surface area contributed by atoms with Crippen molar-refractivity contribution in [3.05, 3.63) is 29.3 Å². The third-order valence-corrected chi connectivity index (χ3v) is 3.86. The number of ether oxygens (including phenoxy) is 1. The first-order chi connectivity index (χ1) is 8.01. The molecule has 0 unspecified atom stereocenters. The van der Waals surface area contributed by atoms with E-state index in [9.17, 15) is 8.42 Å². The van der Waals surface area contributed by atoms with Crippen LogP contribution in [0.5, 0.6) is 0 Å². The van der Waals surface area contributed by atoms with Gasteiger partial charge in [0.1, 0.15) is 0 Å². The van der Waals surface area contributed by atoms with Crippen LogP contribution in [0.3, 0.4) is 0 Å². The van der Waals surface area contributed by atoms with Crippen molar-refractivity contribution in [1.29, 1.82) is 0 Å². The molecule has 0 saturated heterocycles. The normalized spacial score (nSPS) is 11.7. The van der Waals surface area contributed by atoms with Gasteiger partial charge in [0.25, 0.3) is 0 Å². The minimum Gasteiger partial charge on any atom is -0.392 e. The molecule has 0 aliphatic carbocycles. The number of sulfonamides is 1. The van der Waals surface area contributed by atoms with Gasteiger partial charge in [0.2, 0.25) is 10.0 Å². The van der Waals surface area contributed by atoms with E-state index in [1.807, 2.05) is 6.92 Å². The zero-order valence-corrected chi connectivity index (χ0v) is 10.8. The summed E-state index contributed by atoms with van der Waals surface area (Å²) in [7, 11) is -2.02. The Hall–Kier alpha value is -0.950. The summed E-state index contributed by atoms with van der Waals surface area (Å²) in [5.74, 6) is 0. The lowest BCUT2D eigenvalue weighted by Gasteiger charge is -2.09. The molecule has 0 saturated carbocycles. The highest BCUT2D eigenvalue weighted by Gasteiger charge is 2.14.